The summed E-state index contributed by atoms with van der Waals surface area (Å²) in [5.41, 5.74) is 5.78. The molecule has 35 heavy (non-hydrogen) atoms. The third kappa shape index (κ3) is 5.31. The molecule has 0 atom stereocenters. The van der Waals surface area contributed by atoms with Crippen molar-refractivity contribution in [1.82, 2.24) is 4.90 Å². The van der Waals surface area contributed by atoms with Gasteiger partial charge >= 0.3 is 0 Å². The zero-order chi connectivity index (χ0) is 24.0. The van der Waals surface area contributed by atoms with E-state index >= 15 is 0 Å². The maximum atomic E-state index is 13.9. The number of methoxy groups -OCH3 is 1. The van der Waals surface area contributed by atoms with Crippen LogP contribution in [0.15, 0.2) is 72.8 Å². The van der Waals surface area contributed by atoms with Crippen LogP contribution >= 0.6 is 0 Å². The molecule has 5 heteroatoms. The van der Waals surface area contributed by atoms with Gasteiger partial charge in [0, 0.05) is 30.8 Å². The van der Waals surface area contributed by atoms with E-state index in [9.17, 15) is 4.79 Å². The van der Waals surface area contributed by atoms with Crippen molar-refractivity contribution in [3.8, 4) is 11.5 Å². The fourth-order valence-electron chi connectivity index (χ4n) is 4.85. The van der Waals surface area contributed by atoms with Gasteiger partial charge in [-0.05, 0) is 71.5 Å². The van der Waals surface area contributed by atoms with Crippen LogP contribution in [0.2, 0.25) is 0 Å². The molecule has 180 valence electrons. The van der Waals surface area contributed by atoms with Crippen LogP contribution in [0.25, 0.3) is 11.1 Å². The number of ether oxygens (including phenoxy) is 3. The minimum atomic E-state index is 0.0369. The molecule has 3 aromatic carbocycles. The molecule has 0 spiro atoms. The summed E-state index contributed by atoms with van der Waals surface area (Å²) in [5, 5.41) is 0. The van der Waals surface area contributed by atoms with Gasteiger partial charge in [0.25, 0.3) is 0 Å². The Balaban J connectivity index is 1.39. The second-order valence-corrected chi connectivity index (χ2v) is 8.90. The second kappa shape index (κ2) is 10.9. The largest absolute Gasteiger partial charge is 0.497 e. The highest BCUT2D eigenvalue weighted by Gasteiger charge is 2.26. The molecule has 3 aromatic rings. The first-order valence-corrected chi connectivity index (χ1v) is 12.3. The smallest absolute Gasteiger partial charge is 0.193 e. The summed E-state index contributed by atoms with van der Waals surface area (Å²) >= 11 is 0. The summed E-state index contributed by atoms with van der Waals surface area (Å²) in [7, 11) is 1.67. The van der Waals surface area contributed by atoms with Crippen molar-refractivity contribution < 1.29 is 19.0 Å². The molecule has 2 aliphatic rings. The van der Waals surface area contributed by atoms with E-state index in [4.69, 9.17) is 14.2 Å². The highest BCUT2D eigenvalue weighted by atomic mass is 16.5. The number of carbonyl (C=O) groups excluding carboxylic acids is 1. The van der Waals surface area contributed by atoms with Crippen LogP contribution in [-0.4, -0.2) is 57.2 Å². The van der Waals surface area contributed by atoms with Gasteiger partial charge in [-0.1, -0.05) is 36.4 Å². The summed E-state index contributed by atoms with van der Waals surface area (Å²) in [5.74, 6) is 1.63. The average molecular weight is 470 g/mol. The number of benzene rings is 3. The zero-order valence-electron chi connectivity index (χ0n) is 20.2. The van der Waals surface area contributed by atoms with Crippen molar-refractivity contribution in [2.45, 2.75) is 12.8 Å². The lowest BCUT2D eigenvalue weighted by atomic mass is 9.79. The Labute approximate surface area is 206 Å². The maximum Gasteiger partial charge on any atom is 0.193 e. The standard InChI is InChI=1S/C30H31NO4/c1-33-26-12-14-28-24(21-26)9-13-27(22-5-3-2-4-6-22)29(28)30(32)23-7-10-25(11-8-23)35-20-17-31-15-18-34-19-16-31/h2-8,10-12,14,21H,9,13,15-20H2,1H3. The van der Waals surface area contributed by atoms with E-state index in [1.54, 1.807) is 7.11 Å². The number of hydrogen-bond donors (Lipinski definition) is 0. The van der Waals surface area contributed by atoms with Gasteiger partial charge in [0.1, 0.15) is 18.1 Å². The predicted octanol–water partition coefficient (Wildman–Crippen LogP) is 5.15. The third-order valence-electron chi connectivity index (χ3n) is 6.77. The molecule has 0 amide bonds. The van der Waals surface area contributed by atoms with Gasteiger partial charge < -0.3 is 14.2 Å². The van der Waals surface area contributed by atoms with Gasteiger partial charge in [-0.15, -0.1) is 0 Å². The van der Waals surface area contributed by atoms with Crippen LogP contribution in [0.5, 0.6) is 11.5 Å². The highest BCUT2D eigenvalue weighted by molar-refractivity contribution is 6.35. The lowest BCUT2D eigenvalue weighted by molar-refractivity contribution is 0.0322. The van der Waals surface area contributed by atoms with Crippen LogP contribution < -0.4 is 9.47 Å². The maximum absolute atomic E-state index is 13.9. The summed E-state index contributed by atoms with van der Waals surface area (Å²) < 4.78 is 16.8. The number of ketones is 1. The number of hydrogen-bond acceptors (Lipinski definition) is 5. The Bertz CT molecular complexity index is 1190. The summed E-state index contributed by atoms with van der Waals surface area (Å²) in [6, 6.07) is 23.8. The fourth-order valence-corrected chi connectivity index (χ4v) is 4.85. The van der Waals surface area contributed by atoms with E-state index in [2.05, 4.69) is 23.1 Å². The van der Waals surface area contributed by atoms with Crippen molar-refractivity contribution in [3.63, 3.8) is 0 Å². The van der Waals surface area contributed by atoms with Crippen LogP contribution in [-0.2, 0) is 11.2 Å². The van der Waals surface area contributed by atoms with Crippen molar-refractivity contribution >= 4 is 16.9 Å². The monoisotopic (exact) mass is 469 g/mol. The molecule has 5 nitrogen and oxygen atoms in total. The molecule has 1 aliphatic heterocycles. The van der Waals surface area contributed by atoms with E-state index in [-0.39, 0.29) is 5.78 Å². The molecule has 1 saturated heterocycles. The van der Waals surface area contributed by atoms with Crippen molar-refractivity contribution in [2.24, 2.45) is 0 Å². The Morgan fingerprint density at radius 2 is 1.66 bits per heavy atom. The van der Waals surface area contributed by atoms with Gasteiger partial charge in [0.2, 0.25) is 0 Å². The average Bonchev–Trinajstić information content (AvgIpc) is 2.93. The number of allylic oxidation sites excluding steroid dienone is 2. The predicted molar refractivity (Wildman–Crippen MR) is 138 cm³/mol. The molecule has 0 N–H and O–H groups in total. The molecule has 0 saturated carbocycles. The highest BCUT2D eigenvalue weighted by Crippen LogP contribution is 2.40. The summed E-state index contributed by atoms with van der Waals surface area (Å²) in [6.07, 6.45) is 1.69. The van der Waals surface area contributed by atoms with E-state index in [0.717, 1.165) is 85.0 Å². The van der Waals surface area contributed by atoms with Crippen molar-refractivity contribution in [3.05, 3.63) is 95.1 Å². The van der Waals surface area contributed by atoms with Crippen molar-refractivity contribution in [2.75, 3.05) is 46.6 Å². The zero-order valence-corrected chi connectivity index (χ0v) is 20.2. The van der Waals surface area contributed by atoms with Gasteiger partial charge in [0.05, 0.1) is 20.3 Å². The topological polar surface area (TPSA) is 48.0 Å². The molecule has 0 radical (unpaired) electrons. The second-order valence-electron chi connectivity index (χ2n) is 8.90. The molecule has 1 fully saturated rings. The van der Waals surface area contributed by atoms with Gasteiger partial charge in [-0.2, -0.15) is 0 Å². The lowest BCUT2D eigenvalue weighted by Crippen LogP contribution is -2.38. The first kappa shape index (κ1) is 23.3. The van der Waals surface area contributed by atoms with Crippen LogP contribution in [0.3, 0.4) is 0 Å². The number of nitrogens with zero attached hydrogens (tertiary/aromatic N) is 1. The SMILES string of the molecule is COc1ccc2c(c1)CCC(c1ccccc1)=C2C(=O)c1ccc(OCCN2CCOCC2)cc1. The Hall–Kier alpha value is -3.41. The first-order chi connectivity index (χ1) is 17.2. The molecule has 1 aliphatic carbocycles. The Morgan fingerprint density at radius 1 is 0.914 bits per heavy atom. The molecule has 5 rings (SSSR count). The van der Waals surface area contributed by atoms with E-state index in [0.29, 0.717) is 12.2 Å². The van der Waals surface area contributed by atoms with Crippen molar-refractivity contribution in [1.29, 1.82) is 0 Å². The number of Topliss-reactive ketones (excluding diaryl/α,β-unsaturated/α-hetero) is 1. The lowest BCUT2D eigenvalue weighted by Gasteiger charge is -2.26. The molecule has 0 bridgehead atoms. The fraction of sp³-hybridized carbons (Fsp3) is 0.300. The van der Waals surface area contributed by atoms with Crippen LogP contribution in [0, 0.1) is 0 Å². The molecule has 0 aromatic heterocycles. The molecular weight excluding hydrogens is 438 g/mol. The molecule has 1 heterocycles. The number of rotatable bonds is 8. The van der Waals surface area contributed by atoms with E-state index in [1.165, 1.54) is 0 Å². The number of morpholine rings is 1. The first-order valence-electron chi connectivity index (χ1n) is 12.3. The van der Waals surface area contributed by atoms with Gasteiger partial charge in [0.15, 0.2) is 5.78 Å². The van der Waals surface area contributed by atoms with Crippen LogP contribution in [0.4, 0.5) is 0 Å². The minimum absolute atomic E-state index is 0.0369. The van der Waals surface area contributed by atoms with Gasteiger partial charge in [-0.25, -0.2) is 0 Å². The summed E-state index contributed by atoms with van der Waals surface area (Å²) in [6.45, 7) is 4.95. The van der Waals surface area contributed by atoms with Gasteiger partial charge in [-0.3, -0.25) is 9.69 Å². The third-order valence-corrected chi connectivity index (χ3v) is 6.77. The van der Waals surface area contributed by atoms with E-state index in [1.807, 2.05) is 54.6 Å². The Morgan fingerprint density at radius 3 is 2.40 bits per heavy atom. The quantitative estimate of drug-likeness (QED) is 0.427. The number of aryl methyl sites for hydroxylation is 1. The van der Waals surface area contributed by atoms with E-state index < -0.39 is 0 Å². The number of carbonyl (C=O) groups is 1. The normalized spacial score (nSPS) is 16.0. The molecule has 0 unspecified atom stereocenters. The minimum Gasteiger partial charge on any atom is -0.497 e. The molecular formula is C30H31NO4. The Kier molecular flexibility index (Phi) is 7.26. The summed E-state index contributed by atoms with van der Waals surface area (Å²) in [4.78, 5) is 16.2. The van der Waals surface area contributed by atoms with Crippen LogP contribution in [0.1, 0.15) is 33.5 Å². The number of fused-ring (bicyclic) bond motifs is 1.